The van der Waals surface area contributed by atoms with Crippen molar-refractivity contribution in [3.05, 3.63) is 71.6 Å². The van der Waals surface area contributed by atoms with Crippen LogP contribution in [0.1, 0.15) is 23.6 Å². The molecule has 1 saturated carbocycles. The van der Waals surface area contributed by atoms with Gasteiger partial charge in [-0.15, -0.1) is 0 Å². The first-order valence-electron chi connectivity index (χ1n) is 8.40. The van der Waals surface area contributed by atoms with E-state index in [4.69, 9.17) is 0 Å². The van der Waals surface area contributed by atoms with Crippen LogP contribution in [0.15, 0.2) is 48.7 Å². The fraction of sp³-hybridized carbons (Fsp3) is 0.200. The van der Waals surface area contributed by atoms with Crippen molar-refractivity contribution in [2.75, 3.05) is 5.32 Å². The second-order valence-electron chi connectivity index (χ2n) is 6.54. The molecule has 0 aliphatic heterocycles. The quantitative estimate of drug-likeness (QED) is 0.730. The number of aromatic amines is 1. The molecule has 3 aromatic rings. The number of hydrogen-bond donors (Lipinski definition) is 2. The summed E-state index contributed by atoms with van der Waals surface area (Å²) in [5.74, 6) is -1.93. The van der Waals surface area contributed by atoms with E-state index in [9.17, 15) is 13.6 Å². The summed E-state index contributed by atoms with van der Waals surface area (Å²) >= 11 is 0. The van der Waals surface area contributed by atoms with E-state index in [1.807, 2.05) is 25.1 Å². The Labute approximate surface area is 149 Å². The first-order chi connectivity index (χ1) is 12.5. The number of aryl methyl sites for hydroxylation is 1. The number of aromatic nitrogens is 2. The molecule has 1 aliphatic rings. The van der Waals surface area contributed by atoms with Crippen molar-refractivity contribution in [2.24, 2.45) is 5.92 Å². The standard InChI is InChI=1S/C20H17F2N3O/c1-11-10-23-19(24-11)13-5-2-3-8-17(13)25-20(26)15-9-14(15)12-6-4-7-16(21)18(12)22/h2-8,10,14-15H,9H2,1H3,(H,23,24)(H,25,26). The van der Waals surface area contributed by atoms with Crippen LogP contribution >= 0.6 is 0 Å². The lowest BCUT2D eigenvalue weighted by atomic mass is 10.1. The SMILES string of the molecule is Cc1cnc(-c2ccccc2NC(=O)C2CC2c2cccc(F)c2F)[nH]1. The van der Waals surface area contributed by atoms with Crippen LogP contribution in [-0.2, 0) is 4.79 Å². The van der Waals surface area contributed by atoms with Crippen LogP contribution in [0.4, 0.5) is 14.5 Å². The second-order valence-corrected chi connectivity index (χ2v) is 6.54. The summed E-state index contributed by atoms with van der Waals surface area (Å²) in [6.45, 7) is 1.90. The number of carbonyl (C=O) groups excluding carboxylic acids is 1. The molecular formula is C20H17F2N3O. The van der Waals surface area contributed by atoms with Crippen LogP contribution in [-0.4, -0.2) is 15.9 Å². The maximum Gasteiger partial charge on any atom is 0.228 e. The number of para-hydroxylation sites is 1. The number of halogens is 2. The van der Waals surface area contributed by atoms with Gasteiger partial charge in [-0.1, -0.05) is 24.3 Å². The molecule has 4 rings (SSSR count). The summed E-state index contributed by atoms with van der Waals surface area (Å²) in [4.78, 5) is 20.0. The molecule has 0 bridgehead atoms. The molecule has 132 valence electrons. The maximum absolute atomic E-state index is 13.9. The van der Waals surface area contributed by atoms with Crippen molar-refractivity contribution in [2.45, 2.75) is 19.3 Å². The molecule has 0 radical (unpaired) electrons. The van der Waals surface area contributed by atoms with Crippen molar-refractivity contribution >= 4 is 11.6 Å². The molecule has 4 nitrogen and oxygen atoms in total. The van der Waals surface area contributed by atoms with Crippen molar-refractivity contribution in [1.29, 1.82) is 0 Å². The highest BCUT2D eigenvalue weighted by Crippen LogP contribution is 2.49. The van der Waals surface area contributed by atoms with E-state index in [1.165, 1.54) is 12.1 Å². The number of anilines is 1. The zero-order valence-electron chi connectivity index (χ0n) is 14.1. The Morgan fingerprint density at radius 2 is 2.00 bits per heavy atom. The predicted octanol–water partition coefficient (Wildman–Crippen LogP) is 4.41. The molecule has 0 spiro atoms. The Kier molecular flexibility index (Phi) is 4.03. The van der Waals surface area contributed by atoms with Gasteiger partial charge in [0, 0.05) is 23.4 Å². The van der Waals surface area contributed by atoms with E-state index in [2.05, 4.69) is 15.3 Å². The number of amides is 1. The van der Waals surface area contributed by atoms with Gasteiger partial charge >= 0.3 is 0 Å². The third-order valence-corrected chi connectivity index (χ3v) is 4.65. The van der Waals surface area contributed by atoms with Crippen LogP contribution in [0.2, 0.25) is 0 Å². The topological polar surface area (TPSA) is 57.8 Å². The van der Waals surface area contributed by atoms with E-state index in [1.54, 1.807) is 12.3 Å². The average molecular weight is 353 g/mol. The molecule has 2 atom stereocenters. The van der Waals surface area contributed by atoms with Gasteiger partial charge in [-0.05, 0) is 43.0 Å². The van der Waals surface area contributed by atoms with E-state index in [-0.39, 0.29) is 23.3 Å². The van der Waals surface area contributed by atoms with Gasteiger partial charge in [-0.2, -0.15) is 0 Å². The number of carbonyl (C=O) groups is 1. The Morgan fingerprint density at radius 1 is 1.19 bits per heavy atom. The van der Waals surface area contributed by atoms with Gasteiger partial charge in [0.15, 0.2) is 11.6 Å². The van der Waals surface area contributed by atoms with E-state index < -0.39 is 11.6 Å². The summed E-state index contributed by atoms with van der Waals surface area (Å²) in [7, 11) is 0. The maximum atomic E-state index is 13.9. The zero-order valence-corrected chi connectivity index (χ0v) is 14.1. The highest BCUT2D eigenvalue weighted by atomic mass is 19.2. The molecule has 1 amide bonds. The molecule has 2 unspecified atom stereocenters. The lowest BCUT2D eigenvalue weighted by molar-refractivity contribution is -0.117. The summed E-state index contributed by atoms with van der Waals surface area (Å²) in [6, 6.07) is 11.4. The Hall–Kier alpha value is -3.02. The predicted molar refractivity (Wildman–Crippen MR) is 94.6 cm³/mol. The number of hydrogen-bond acceptors (Lipinski definition) is 2. The molecule has 2 aromatic carbocycles. The molecule has 1 aromatic heterocycles. The molecule has 0 saturated heterocycles. The van der Waals surface area contributed by atoms with Crippen molar-refractivity contribution in [3.63, 3.8) is 0 Å². The number of H-pyrrole nitrogens is 1. The van der Waals surface area contributed by atoms with Crippen molar-refractivity contribution in [1.82, 2.24) is 9.97 Å². The molecule has 6 heteroatoms. The Bertz CT molecular complexity index is 983. The third kappa shape index (κ3) is 2.98. The largest absolute Gasteiger partial charge is 0.342 e. The monoisotopic (exact) mass is 353 g/mol. The number of imidazole rings is 1. The summed E-state index contributed by atoms with van der Waals surface area (Å²) in [5, 5.41) is 2.90. The zero-order chi connectivity index (χ0) is 18.3. The van der Waals surface area contributed by atoms with E-state index in [0.29, 0.717) is 17.9 Å². The first-order valence-corrected chi connectivity index (χ1v) is 8.40. The molecular weight excluding hydrogens is 336 g/mol. The number of benzene rings is 2. The second kappa shape index (κ2) is 6.37. The van der Waals surface area contributed by atoms with Gasteiger partial charge in [0.05, 0.1) is 5.69 Å². The molecule has 1 heterocycles. The molecule has 2 N–H and O–H groups in total. The number of nitrogens with one attached hydrogen (secondary N) is 2. The normalized spacial score (nSPS) is 18.6. The minimum absolute atomic E-state index is 0.200. The summed E-state index contributed by atoms with van der Waals surface area (Å²) in [5.41, 5.74) is 2.60. The summed E-state index contributed by atoms with van der Waals surface area (Å²) < 4.78 is 27.3. The average Bonchev–Trinajstić information content (AvgIpc) is 3.31. The number of rotatable bonds is 4. The Balaban J connectivity index is 1.53. The summed E-state index contributed by atoms with van der Waals surface area (Å²) in [6.07, 6.45) is 2.23. The van der Waals surface area contributed by atoms with E-state index >= 15 is 0 Å². The van der Waals surface area contributed by atoms with Gasteiger partial charge in [-0.3, -0.25) is 4.79 Å². The van der Waals surface area contributed by atoms with Gasteiger partial charge in [-0.25, -0.2) is 13.8 Å². The van der Waals surface area contributed by atoms with Crippen LogP contribution < -0.4 is 5.32 Å². The Morgan fingerprint density at radius 3 is 2.77 bits per heavy atom. The highest BCUT2D eigenvalue weighted by Gasteiger charge is 2.45. The fourth-order valence-electron chi connectivity index (χ4n) is 3.21. The lowest BCUT2D eigenvalue weighted by Gasteiger charge is -2.10. The smallest absolute Gasteiger partial charge is 0.228 e. The minimum atomic E-state index is -0.882. The van der Waals surface area contributed by atoms with Crippen LogP contribution in [0.25, 0.3) is 11.4 Å². The van der Waals surface area contributed by atoms with Crippen molar-refractivity contribution in [3.8, 4) is 11.4 Å². The fourth-order valence-corrected chi connectivity index (χ4v) is 3.21. The molecule has 1 aliphatic carbocycles. The highest BCUT2D eigenvalue weighted by molar-refractivity contribution is 5.98. The van der Waals surface area contributed by atoms with Crippen molar-refractivity contribution < 1.29 is 13.6 Å². The third-order valence-electron chi connectivity index (χ3n) is 4.65. The van der Waals surface area contributed by atoms with E-state index in [0.717, 1.165) is 17.3 Å². The molecule has 26 heavy (non-hydrogen) atoms. The van der Waals surface area contributed by atoms with Crippen LogP contribution in [0.5, 0.6) is 0 Å². The lowest BCUT2D eigenvalue weighted by Crippen LogP contribution is -2.15. The van der Waals surface area contributed by atoms with Crippen LogP contribution in [0.3, 0.4) is 0 Å². The van der Waals surface area contributed by atoms with Gasteiger partial charge in [0.25, 0.3) is 0 Å². The van der Waals surface area contributed by atoms with Gasteiger partial charge in [0.1, 0.15) is 5.82 Å². The van der Waals surface area contributed by atoms with Gasteiger partial charge < -0.3 is 10.3 Å². The molecule has 1 fully saturated rings. The minimum Gasteiger partial charge on any atom is -0.342 e. The number of nitrogens with zero attached hydrogens (tertiary/aromatic N) is 1. The van der Waals surface area contributed by atoms with Crippen LogP contribution in [0, 0.1) is 24.5 Å². The van der Waals surface area contributed by atoms with Gasteiger partial charge in [0.2, 0.25) is 5.91 Å². The first kappa shape index (κ1) is 16.4.